The molecule has 0 saturated heterocycles. The van der Waals surface area contributed by atoms with Gasteiger partial charge in [0.15, 0.2) is 0 Å². The van der Waals surface area contributed by atoms with Crippen LogP contribution in [0, 0.1) is 0 Å². The van der Waals surface area contributed by atoms with E-state index >= 15 is 0 Å². The van der Waals surface area contributed by atoms with E-state index in [1.54, 1.807) is 23.9 Å². The number of amides is 1. The number of rotatable bonds is 7. The monoisotopic (exact) mass is 413 g/mol. The minimum atomic E-state index is -0.223. The minimum Gasteiger partial charge on any atom is -0.495 e. The van der Waals surface area contributed by atoms with Gasteiger partial charge in [-0.25, -0.2) is 0 Å². The second-order valence-electron chi connectivity index (χ2n) is 5.91. The molecule has 28 heavy (non-hydrogen) atoms. The van der Waals surface area contributed by atoms with Gasteiger partial charge in [0.2, 0.25) is 0 Å². The highest BCUT2D eigenvalue weighted by Gasteiger charge is 2.16. The van der Waals surface area contributed by atoms with Crippen LogP contribution in [0.1, 0.15) is 15.9 Å². The van der Waals surface area contributed by atoms with Crippen molar-refractivity contribution in [1.82, 2.24) is 0 Å². The van der Waals surface area contributed by atoms with Crippen molar-refractivity contribution in [1.29, 1.82) is 0 Å². The first-order valence-corrected chi connectivity index (χ1v) is 9.97. The van der Waals surface area contributed by atoms with Crippen molar-refractivity contribution in [2.75, 3.05) is 19.5 Å². The molecule has 0 aromatic heterocycles. The van der Waals surface area contributed by atoms with Gasteiger partial charge in [-0.3, -0.25) is 4.79 Å². The third-order valence-corrected chi connectivity index (χ3v) is 5.53. The van der Waals surface area contributed by atoms with Gasteiger partial charge in [-0.2, -0.15) is 0 Å². The molecule has 0 bridgehead atoms. The molecule has 0 fully saturated rings. The molecule has 1 N–H and O–H groups in total. The van der Waals surface area contributed by atoms with Crippen LogP contribution in [0.5, 0.6) is 11.5 Å². The quantitative estimate of drug-likeness (QED) is 0.490. The van der Waals surface area contributed by atoms with Crippen LogP contribution in [0.25, 0.3) is 0 Å². The third kappa shape index (κ3) is 4.80. The van der Waals surface area contributed by atoms with Crippen molar-refractivity contribution in [2.45, 2.75) is 10.6 Å². The molecule has 0 unspecified atom stereocenters. The Morgan fingerprint density at radius 3 is 2.36 bits per heavy atom. The molecule has 0 atom stereocenters. The lowest BCUT2D eigenvalue weighted by Crippen LogP contribution is -2.14. The highest BCUT2D eigenvalue weighted by atomic mass is 35.5. The smallest absolute Gasteiger partial charge is 0.256 e. The normalized spacial score (nSPS) is 10.4. The van der Waals surface area contributed by atoms with E-state index < -0.39 is 0 Å². The maximum atomic E-state index is 12.9. The predicted molar refractivity (Wildman–Crippen MR) is 115 cm³/mol. The average molecular weight is 414 g/mol. The molecule has 144 valence electrons. The molecule has 0 radical (unpaired) electrons. The summed E-state index contributed by atoms with van der Waals surface area (Å²) in [6.45, 7) is 0. The van der Waals surface area contributed by atoms with Crippen molar-refractivity contribution in [2.24, 2.45) is 0 Å². The highest BCUT2D eigenvalue weighted by molar-refractivity contribution is 7.98. The van der Waals surface area contributed by atoms with Crippen LogP contribution in [-0.2, 0) is 5.75 Å². The fraction of sp³-hybridized carbons (Fsp3) is 0.136. The van der Waals surface area contributed by atoms with Crippen molar-refractivity contribution < 1.29 is 14.3 Å². The first-order chi connectivity index (χ1) is 13.6. The van der Waals surface area contributed by atoms with Gasteiger partial charge < -0.3 is 14.8 Å². The van der Waals surface area contributed by atoms with Crippen molar-refractivity contribution >= 4 is 35.0 Å². The number of carbonyl (C=O) groups is 1. The van der Waals surface area contributed by atoms with E-state index in [1.165, 1.54) is 19.8 Å². The van der Waals surface area contributed by atoms with Crippen LogP contribution < -0.4 is 14.8 Å². The van der Waals surface area contributed by atoms with Gasteiger partial charge in [0.1, 0.15) is 11.5 Å². The first kappa shape index (κ1) is 20.1. The molecule has 0 spiro atoms. The van der Waals surface area contributed by atoms with Crippen molar-refractivity contribution in [3.63, 3.8) is 0 Å². The van der Waals surface area contributed by atoms with Gasteiger partial charge in [0.05, 0.1) is 30.5 Å². The van der Waals surface area contributed by atoms with Gasteiger partial charge in [0, 0.05) is 22.8 Å². The summed E-state index contributed by atoms with van der Waals surface area (Å²) in [4.78, 5) is 13.9. The Hall–Kier alpha value is -2.63. The molecule has 3 aromatic rings. The number of methoxy groups -OCH3 is 2. The van der Waals surface area contributed by atoms with E-state index in [1.807, 2.05) is 42.5 Å². The summed E-state index contributed by atoms with van der Waals surface area (Å²) in [6, 6.07) is 20.9. The van der Waals surface area contributed by atoms with E-state index in [-0.39, 0.29) is 5.91 Å². The molecule has 0 saturated carbocycles. The Labute approximate surface area is 173 Å². The second-order valence-corrected chi connectivity index (χ2v) is 7.34. The summed E-state index contributed by atoms with van der Waals surface area (Å²) < 4.78 is 10.6. The molecule has 4 nitrogen and oxygen atoms in total. The summed E-state index contributed by atoms with van der Waals surface area (Å²) in [6.07, 6.45) is 0. The number of nitrogens with one attached hydrogen (secondary N) is 1. The maximum absolute atomic E-state index is 12.9. The summed E-state index contributed by atoms with van der Waals surface area (Å²) in [5.41, 5.74) is 2.29. The Balaban J connectivity index is 1.82. The van der Waals surface area contributed by atoms with Gasteiger partial charge in [-0.15, -0.1) is 11.8 Å². The van der Waals surface area contributed by atoms with Gasteiger partial charge in [0.25, 0.3) is 5.91 Å². The van der Waals surface area contributed by atoms with Gasteiger partial charge in [-0.05, 0) is 17.7 Å². The number of carbonyl (C=O) groups excluding carboxylic acids is 1. The topological polar surface area (TPSA) is 47.6 Å². The van der Waals surface area contributed by atoms with E-state index in [4.69, 9.17) is 21.1 Å². The van der Waals surface area contributed by atoms with E-state index in [2.05, 4.69) is 17.4 Å². The molecule has 0 heterocycles. The molecule has 3 aromatic carbocycles. The van der Waals surface area contributed by atoms with E-state index in [0.717, 1.165) is 10.6 Å². The number of anilines is 1. The molecule has 1 amide bonds. The first-order valence-electron chi connectivity index (χ1n) is 8.61. The summed E-state index contributed by atoms with van der Waals surface area (Å²) in [7, 11) is 3.05. The van der Waals surface area contributed by atoms with Crippen LogP contribution in [0.15, 0.2) is 71.6 Å². The Bertz CT molecular complexity index is 963. The molecule has 0 aliphatic rings. The number of ether oxygens (including phenoxy) is 2. The standard InChI is InChI=1S/C22H20ClNO3S/c1-26-19-13-18(20(27-2)12-17(19)23)24-22(25)16-10-6-7-11-21(16)28-14-15-8-4-3-5-9-15/h3-13H,14H2,1-2H3,(H,24,25). The lowest BCUT2D eigenvalue weighted by Gasteiger charge is -2.14. The van der Waals surface area contributed by atoms with Crippen LogP contribution in [-0.4, -0.2) is 20.1 Å². The maximum Gasteiger partial charge on any atom is 0.256 e. The summed E-state index contributed by atoms with van der Waals surface area (Å²) >= 11 is 7.76. The lowest BCUT2D eigenvalue weighted by atomic mass is 10.2. The Morgan fingerprint density at radius 1 is 0.964 bits per heavy atom. The largest absolute Gasteiger partial charge is 0.495 e. The number of thioether (sulfide) groups is 1. The number of hydrogen-bond donors (Lipinski definition) is 1. The third-order valence-electron chi connectivity index (χ3n) is 4.09. The zero-order chi connectivity index (χ0) is 19.9. The zero-order valence-electron chi connectivity index (χ0n) is 15.6. The van der Waals surface area contributed by atoms with Gasteiger partial charge >= 0.3 is 0 Å². The lowest BCUT2D eigenvalue weighted by molar-refractivity contribution is 0.102. The minimum absolute atomic E-state index is 0.223. The Morgan fingerprint density at radius 2 is 1.64 bits per heavy atom. The van der Waals surface area contributed by atoms with Crippen molar-refractivity contribution in [3.05, 3.63) is 82.9 Å². The van der Waals surface area contributed by atoms with Crippen LogP contribution >= 0.6 is 23.4 Å². The Kier molecular flexibility index (Phi) is 6.85. The fourth-order valence-corrected chi connectivity index (χ4v) is 3.90. The van der Waals surface area contributed by atoms with E-state index in [0.29, 0.717) is 27.8 Å². The molecule has 6 heteroatoms. The van der Waals surface area contributed by atoms with Crippen molar-refractivity contribution in [3.8, 4) is 11.5 Å². The zero-order valence-corrected chi connectivity index (χ0v) is 17.1. The fourth-order valence-electron chi connectivity index (χ4n) is 2.66. The SMILES string of the molecule is COc1cc(NC(=O)c2ccccc2SCc2ccccc2)c(OC)cc1Cl. The van der Waals surface area contributed by atoms with E-state index in [9.17, 15) is 4.79 Å². The van der Waals surface area contributed by atoms with Crippen LogP contribution in [0.3, 0.4) is 0 Å². The average Bonchev–Trinajstić information content (AvgIpc) is 2.74. The predicted octanol–water partition coefficient (Wildman–Crippen LogP) is 5.90. The number of halogens is 1. The number of hydrogen-bond acceptors (Lipinski definition) is 4. The molecular formula is C22H20ClNO3S. The number of benzene rings is 3. The molecule has 0 aliphatic heterocycles. The van der Waals surface area contributed by atoms with Gasteiger partial charge in [-0.1, -0.05) is 54.1 Å². The highest BCUT2D eigenvalue weighted by Crippen LogP contribution is 2.36. The molecule has 0 aliphatic carbocycles. The second kappa shape index (κ2) is 9.53. The van der Waals surface area contributed by atoms with Crippen LogP contribution in [0.4, 0.5) is 5.69 Å². The van der Waals surface area contributed by atoms with Crippen LogP contribution in [0.2, 0.25) is 5.02 Å². The summed E-state index contributed by atoms with van der Waals surface area (Å²) in [5.74, 6) is 1.49. The molecule has 3 rings (SSSR count). The summed E-state index contributed by atoms with van der Waals surface area (Å²) in [5, 5.41) is 3.32. The molecular weight excluding hydrogens is 394 g/mol.